The van der Waals surface area contributed by atoms with E-state index in [2.05, 4.69) is 15.2 Å². The zero-order valence-corrected chi connectivity index (χ0v) is 11.9. The molecule has 1 aliphatic rings. The number of amides is 1. The second-order valence-corrected chi connectivity index (χ2v) is 5.23. The number of hydrogen-bond donors (Lipinski definition) is 1. The monoisotopic (exact) mass is 261 g/mol. The summed E-state index contributed by atoms with van der Waals surface area (Å²) in [5.74, 6) is 0.134. The molecule has 1 aromatic heterocycles. The number of aromatic nitrogens is 1. The van der Waals surface area contributed by atoms with Crippen LogP contribution in [0.3, 0.4) is 0 Å². The van der Waals surface area contributed by atoms with Crippen molar-refractivity contribution in [1.82, 2.24) is 15.2 Å². The van der Waals surface area contributed by atoms with Gasteiger partial charge in [0.2, 0.25) is 5.91 Å². The van der Waals surface area contributed by atoms with Crippen LogP contribution in [-0.4, -0.2) is 41.5 Å². The molecule has 1 amide bonds. The average molecular weight is 261 g/mol. The highest BCUT2D eigenvalue weighted by Gasteiger charge is 2.23. The Bertz CT molecular complexity index is 427. The SMILES string of the molecule is Cc1cccc(CCNC(=O)C(C)N2CCCC2)n1. The van der Waals surface area contributed by atoms with Crippen molar-refractivity contribution in [2.24, 2.45) is 0 Å². The number of likely N-dealkylation sites (tertiary alicyclic amines) is 1. The lowest BCUT2D eigenvalue weighted by Crippen LogP contribution is -2.44. The highest BCUT2D eigenvalue weighted by molar-refractivity contribution is 5.81. The minimum Gasteiger partial charge on any atom is -0.354 e. The van der Waals surface area contributed by atoms with Crippen molar-refractivity contribution < 1.29 is 4.79 Å². The Morgan fingerprint density at radius 2 is 2.16 bits per heavy atom. The first kappa shape index (κ1) is 14.0. The van der Waals surface area contributed by atoms with Gasteiger partial charge in [0.15, 0.2) is 0 Å². The van der Waals surface area contributed by atoms with Crippen molar-refractivity contribution in [2.75, 3.05) is 19.6 Å². The summed E-state index contributed by atoms with van der Waals surface area (Å²) < 4.78 is 0. The first-order valence-corrected chi connectivity index (χ1v) is 7.11. The number of rotatable bonds is 5. The van der Waals surface area contributed by atoms with E-state index in [1.165, 1.54) is 12.8 Å². The van der Waals surface area contributed by atoms with Crippen molar-refractivity contribution in [1.29, 1.82) is 0 Å². The summed E-state index contributed by atoms with van der Waals surface area (Å²) in [6.07, 6.45) is 3.22. The predicted molar refractivity (Wildman–Crippen MR) is 76.0 cm³/mol. The van der Waals surface area contributed by atoms with E-state index in [9.17, 15) is 4.79 Å². The third-order valence-electron chi connectivity index (χ3n) is 3.69. The van der Waals surface area contributed by atoms with Gasteiger partial charge in [-0.2, -0.15) is 0 Å². The molecule has 19 heavy (non-hydrogen) atoms. The van der Waals surface area contributed by atoms with E-state index in [0.717, 1.165) is 30.9 Å². The second kappa shape index (κ2) is 6.66. The minimum absolute atomic E-state index is 0.00651. The standard InChI is InChI=1S/C15H23N3O/c1-12-6-5-7-14(17-12)8-9-16-15(19)13(2)18-10-3-4-11-18/h5-7,13H,3-4,8-11H2,1-2H3,(H,16,19). The summed E-state index contributed by atoms with van der Waals surface area (Å²) in [5, 5.41) is 3.01. The van der Waals surface area contributed by atoms with Crippen LogP contribution < -0.4 is 5.32 Å². The van der Waals surface area contributed by atoms with Crippen LogP contribution in [0, 0.1) is 6.92 Å². The van der Waals surface area contributed by atoms with Gasteiger partial charge in [-0.25, -0.2) is 0 Å². The molecular formula is C15H23N3O. The summed E-state index contributed by atoms with van der Waals surface area (Å²) >= 11 is 0. The van der Waals surface area contributed by atoms with Gasteiger partial charge in [-0.1, -0.05) is 6.07 Å². The molecule has 1 N–H and O–H groups in total. The molecule has 1 saturated heterocycles. The molecule has 104 valence electrons. The number of pyridine rings is 1. The van der Waals surface area contributed by atoms with E-state index >= 15 is 0 Å². The van der Waals surface area contributed by atoms with Crippen LogP contribution in [-0.2, 0) is 11.2 Å². The van der Waals surface area contributed by atoms with Gasteiger partial charge in [-0.15, -0.1) is 0 Å². The van der Waals surface area contributed by atoms with Gasteiger partial charge in [0.05, 0.1) is 6.04 Å². The molecule has 0 bridgehead atoms. The number of aryl methyl sites for hydroxylation is 1. The van der Waals surface area contributed by atoms with Crippen LogP contribution in [0.2, 0.25) is 0 Å². The number of nitrogens with zero attached hydrogens (tertiary/aromatic N) is 2. The summed E-state index contributed by atoms with van der Waals surface area (Å²) in [6, 6.07) is 5.99. The topological polar surface area (TPSA) is 45.2 Å². The molecule has 0 saturated carbocycles. The van der Waals surface area contributed by atoms with Crippen LogP contribution in [0.15, 0.2) is 18.2 Å². The highest BCUT2D eigenvalue weighted by atomic mass is 16.2. The Morgan fingerprint density at radius 1 is 1.42 bits per heavy atom. The quantitative estimate of drug-likeness (QED) is 0.874. The molecule has 0 radical (unpaired) electrons. The van der Waals surface area contributed by atoms with E-state index in [-0.39, 0.29) is 11.9 Å². The average Bonchev–Trinajstić information content (AvgIpc) is 2.91. The summed E-state index contributed by atoms with van der Waals surface area (Å²) in [6.45, 7) is 6.73. The van der Waals surface area contributed by atoms with Crippen LogP contribution in [0.5, 0.6) is 0 Å². The molecule has 1 unspecified atom stereocenters. The van der Waals surface area contributed by atoms with Crippen molar-refractivity contribution >= 4 is 5.91 Å². The Labute approximate surface area is 115 Å². The normalized spacial score (nSPS) is 17.4. The van der Waals surface area contributed by atoms with Crippen molar-refractivity contribution in [2.45, 2.75) is 39.2 Å². The van der Waals surface area contributed by atoms with E-state index in [1.807, 2.05) is 32.0 Å². The van der Waals surface area contributed by atoms with Crippen LogP contribution in [0.4, 0.5) is 0 Å². The van der Waals surface area contributed by atoms with Gasteiger partial charge < -0.3 is 5.32 Å². The summed E-state index contributed by atoms with van der Waals surface area (Å²) in [5.41, 5.74) is 2.06. The van der Waals surface area contributed by atoms with Crippen LogP contribution in [0.25, 0.3) is 0 Å². The lowest BCUT2D eigenvalue weighted by Gasteiger charge is -2.22. The van der Waals surface area contributed by atoms with Crippen LogP contribution in [0.1, 0.15) is 31.2 Å². The van der Waals surface area contributed by atoms with E-state index in [4.69, 9.17) is 0 Å². The van der Waals surface area contributed by atoms with Gasteiger partial charge >= 0.3 is 0 Å². The molecule has 0 spiro atoms. The maximum atomic E-state index is 12.0. The molecule has 4 heteroatoms. The number of carbonyl (C=O) groups excluding carboxylic acids is 1. The highest BCUT2D eigenvalue weighted by Crippen LogP contribution is 2.11. The van der Waals surface area contributed by atoms with Gasteiger partial charge in [0.25, 0.3) is 0 Å². The third kappa shape index (κ3) is 4.03. The molecule has 2 heterocycles. The Kier molecular flexibility index (Phi) is 4.91. The Hall–Kier alpha value is -1.42. The lowest BCUT2D eigenvalue weighted by atomic mass is 10.2. The van der Waals surface area contributed by atoms with E-state index in [1.54, 1.807) is 0 Å². The first-order chi connectivity index (χ1) is 9.16. The molecule has 0 aromatic carbocycles. The van der Waals surface area contributed by atoms with Crippen molar-refractivity contribution in [3.8, 4) is 0 Å². The Morgan fingerprint density at radius 3 is 2.84 bits per heavy atom. The summed E-state index contributed by atoms with van der Waals surface area (Å²) in [7, 11) is 0. The molecule has 0 aliphatic carbocycles. The molecule has 4 nitrogen and oxygen atoms in total. The minimum atomic E-state index is -0.00651. The van der Waals surface area contributed by atoms with E-state index in [0.29, 0.717) is 6.54 Å². The zero-order valence-electron chi connectivity index (χ0n) is 11.9. The molecule has 1 atom stereocenters. The molecule has 2 rings (SSSR count). The fourth-order valence-corrected chi connectivity index (χ4v) is 2.49. The maximum absolute atomic E-state index is 12.0. The van der Waals surface area contributed by atoms with Crippen LogP contribution >= 0.6 is 0 Å². The molecular weight excluding hydrogens is 238 g/mol. The van der Waals surface area contributed by atoms with E-state index < -0.39 is 0 Å². The summed E-state index contributed by atoms with van der Waals surface area (Å²) in [4.78, 5) is 18.7. The molecule has 1 aliphatic heterocycles. The third-order valence-corrected chi connectivity index (χ3v) is 3.69. The number of nitrogens with one attached hydrogen (secondary N) is 1. The van der Waals surface area contributed by atoms with Gasteiger partial charge in [0, 0.05) is 24.4 Å². The van der Waals surface area contributed by atoms with Gasteiger partial charge in [-0.3, -0.25) is 14.7 Å². The number of hydrogen-bond acceptors (Lipinski definition) is 3. The smallest absolute Gasteiger partial charge is 0.237 e. The van der Waals surface area contributed by atoms with Gasteiger partial charge in [-0.05, 0) is 51.9 Å². The first-order valence-electron chi connectivity index (χ1n) is 7.11. The second-order valence-electron chi connectivity index (χ2n) is 5.23. The maximum Gasteiger partial charge on any atom is 0.237 e. The largest absolute Gasteiger partial charge is 0.354 e. The Balaban J connectivity index is 1.74. The lowest BCUT2D eigenvalue weighted by molar-refractivity contribution is -0.125. The van der Waals surface area contributed by atoms with Crippen molar-refractivity contribution in [3.63, 3.8) is 0 Å². The fraction of sp³-hybridized carbons (Fsp3) is 0.600. The number of carbonyl (C=O) groups is 1. The molecule has 1 aromatic rings. The molecule has 1 fully saturated rings. The fourth-order valence-electron chi connectivity index (χ4n) is 2.49. The van der Waals surface area contributed by atoms with Crippen molar-refractivity contribution in [3.05, 3.63) is 29.6 Å². The predicted octanol–water partition coefficient (Wildman–Crippen LogP) is 1.53. The zero-order chi connectivity index (χ0) is 13.7. The van der Waals surface area contributed by atoms with Gasteiger partial charge in [0.1, 0.15) is 0 Å².